The van der Waals surface area contributed by atoms with Crippen LogP contribution in [-0.2, 0) is 0 Å². The molecule has 2 aromatic rings. The molecule has 0 saturated carbocycles. The van der Waals surface area contributed by atoms with Crippen molar-refractivity contribution in [2.24, 2.45) is 0 Å². The van der Waals surface area contributed by atoms with Crippen LogP contribution >= 0.6 is 57.2 Å². The molecular weight excluding hydrogens is 442 g/mol. The maximum atomic E-state index is 12.7. The fraction of sp³-hybridized carbons (Fsp3) is 0.188. The molecule has 1 saturated heterocycles. The van der Waals surface area contributed by atoms with Crippen molar-refractivity contribution in [3.63, 3.8) is 0 Å². The van der Waals surface area contributed by atoms with Crippen LogP contribution in [0.4, 0.5) is 11.4 Å². The zero-order chi connectivity index (χ0) is 19.1. The summed E-state index contributed by atoms with van der Waals surface area (Å²) in [7, 11) is -2.95. The fourth-order valence-corrected chi connectivity index (χ4v) is 5.54. The van der Waals surface area contributed by atoms with Gasteiger partial charge in [-0.3, -0.25) is 18.2 Å². The first-order valence-corrected chi connectivity index (χ1v) is 10.7. The summed E-state index contributed by atoms with van der Waals surface area (Å²) in [5.74, 6) is -0.301. The van der Waals surface area contributed by atoms with Crippen LogP contribution in [0.5, 0.6) is 0 Å². The summed E-state index contributed by atoms with van der Waals surface area (Å²) in [6.45, 7) is 0.425. The lowest BCUT2D eigenvalue weighted by Crippen LogP contribution is -2.23. The highest BCUT2D eigenvalue weighted by molar-refractivity contribution is 8.25. The van der Waals surface area contributed by atoms with Gasteiger partial charge in [0.05, 0.1) is 27.0 Å². The van der Waals surface area contributed by atoms with Gasteiger partial charge in [0.25, 0.3) is 5.91 Å². The maximum absolute atomic E-state index is 12.7. The Morgan fingerprint density at radius 3 is 2.31 bits per heavy atom. The average molecular weight is 456 g/mol. The van der Waals surface area contributed by atoms with Gasteiger partial charge in [0, 0.05) is 22.3 Å². The molecule has 3 N–H and O–H groups in total. The Morgan fingerprint density at radius 2 is 1.73 bits per heavy atom. The molecule has 1 aliphatic rings. The number of nitrogens with zero attached hydrogens (tertiary/aromatic N) is 1. The molecule has 1 amide bonds. The molecule has 0 radical (unpaired) electrons. The fourth-order valence-electron chi connectivity index (χ4n) is 2.70. The number of hydrogen-bond donors (Lipinski definition) is 3. The largest absolute Gasteiger partial charge is 0.322 e. The van der Waals surface area contributed by atoms with Crippen molar-refractivity contribution < 1.29 is 13.9 Å². The topological polar surface area (TPSA) is 72.8 Å². The number of halogens is 4. The first-order chi connectivity index (χ1) is 12.2. The van der Waals surface area contributed by atoms with Crippen LogP contribution < -0.4 is 9.62 Å². The highest BCUT2D eigenvalue weighted by Gasteiger charge is 2.32. The summed E-state index contributed by atoms with van der Waals surface area (Å²) >= 11 is 24.4. The molecule has 2 aromatic carbocycles. The Kier molecular flexibility index (Phi) is 5.84. The molecule has 140 valence electrons. The van der Waals surface area contributed by atoms with Gasteiger partial charge in [-0.1, -0.05) is 46.4 Å². The number of rotatable bonds is 3. The van der Waals surface area contributed by atoms with E-state index in [0.29, 0.717) is 34.4 Å². The second-order valence-corrected chi connectivity index (χ2v) is 9.43. The van der Waals surface area contributed by atoms with Crippen molar-refractivity contribution in [2.75, 3.05) is 21.9 Å². The third-order valence-electron chi connectivity index (χ3n) is 3.82. The lowest BCUT2D eigenvalue weighted by molar-refractivity contribution is 0.102. The Balaban J connectivity index is 1.96. The minimum atomic E-state index is -2.95. The summed E-state index contributed by atoms with van der Waals surface area (Å²) in [4.78, 5) is 12.7. The molecule has 1 heterocycles. The van der Waals surface area contributed by atoms with Crippen LogP contribution in [0, 0.1) is 0 Å². The van der Waals surface area contributed by atoms with Crippen LogP contribution in [0.2, 0.25) is 20.1 Å². The summed E-state index contributed by atoms with van der Waals surface area (Å²) < 4.78 is 21.8. The van der Waals surface area contributed by atoms with Gasteiger partial charge in [0.15, 0.2) is 0 Å². The first-order valence-electron chi connectivity index (χ1n) is 7.48. The number of anilines is 2. The quantitative estimate of drug-likeness (QED) is 0.498. The summed E-state index contributed by atoms with van der Waals surface area (Å²) in [6, 6.07) is 7.67. The molecule has 0 aliphatic carbocycles. The van der Waals surface area contributed by atoms with Gasteiger partial charge < -0.3 is 5.32 Å². The van der Waals surface area contributed by atoms with E-state index in [2.05, 4.69) is 5.32 Å². The number of carbonyl (C=O) groups excluding carboxylic acids is 1. The van der Waals surface area contributed by atoms with E-state index >= 15 is 0 Å². The van der Waals surface area contributed by atoms with Crippen molar-refractivity contribution in [2.45, 2.75) is 6.42 Å². The SMILES string of the molecule is O=C(Nc1cc(Cl)cc(Cl)c1)c1c(Cl)ccc(N2CCCS2(O)O)c1Cl. The zero-order valence-corrected chi connectivity index (χ0v) is 17.0. The van der Waals surface area contributed by atoms with Crippen molar-refractivity contribution in [3.8, 4) is 0 Å². The third-order valence-corrected chi connectivity index (χ3v) is 6.87. The van der Waals surface area contributed by atoms with E-state index in [1.807, 2.05) is 0 Å². The van der Waals surface area contributed by atoms with Crippen LogP contribution in [0.1, 0.15) is 16.8 Å². The van der Waals surface area contributed by atoms with E-state index in [9.17, 15) is 13.9 Å². The number of amides is 1. The molecule has 0 aromatic heterocycles. The van der Waals surface area contributed by atoms with Crippen molar-refractivity contribution in [3.05, 3.63) is 56.0 Å². The minimum Gasteiger partial charge on any atom is -0.322 e. The van der Waals surface area contributed by atoms with Gasteiger partial charge in [-0.05, 0) is 36.8 Å². The Hall–Kier alpha value is -0.860. The van der Waals surface area contributed by atoms with Crippen molar-refractivity contribution >= 4 is 74.5 Å². The number of hydrogen-bond acceptors (Lipinski definition) is 4. The van der Waals surface area contributed by atoms with Gasteiger partial charge in [-0.25, -0.2) is 0 Å². The molecule has 0 spiro atoms. The smallest absolute Gasteiger partial charge is 0.258 e. The van der Waals surface area contributed by atoms with E-state index in [-0.39, 0.29) is 21.4 Å². The molecule has 1 aliphatic heterocycles. The van der Waals surface area contributed by atoms with Crippen molar-refractivity contribution in [1.29, 1.82) is 0 Å². The van der Waals surface area contributed by atoms with Crippen LogP contribution in [0.15, 0.2) is 30.3 Å². The lowest BCUT2D eigenvalue weighted by atomic mass is 10.1. The molecule has 5 nitrogen and oxygen atoms in total. The lowest BCUT2D eigenvalue weighted by Gasteiger charge is -2.38. The number of carbonyl (C=O) groups is 1. The zero-order valence-electron chi connectivity index (χ0n) is 13.2. The first kappa shape index (κ1) is 19.9. The van der Waals surface area contributed by atoms with Crippen molar-refractivity contribution in [1.82, 2.24) is 0 Å². The summed E-state index contributed by atoms with van der Waals surface area (Å²) in [6.07, 6.45) is 0.615. The summed E-state index contributed by atoms with van der Waals surface area (Å²) in [5.41, 5.74) is 0.766. The normalized spacial score (nSPS) is 17.2. The molecule has 0 bridgehead atoms. The Labute approximate surface area is 172 Å². The van der Waals surface area contributed by atoms with E-state index in [4.69, 9.17) is 46.4 Å². The van der Waals surface area contributed by atoms with E-state index in [0.717, 1.165) is 0 Å². The molecule has 1 fully saturated rings. The Bertz CT molecular complexity index is 859. The van der Waals surface area contributed by atoms with Gasteiger partial charge in [-0.15, -0.1) is 10.8 Å². The molecule has 26 heavy (non-hydrogen) atoms. The minimum absolute atomic E-state index is 0.0315. The molecule has 3 rings (SSSR count). The number of benzene rings is 2. The van der Waals surface area contributed by atoms with Gasteiger partial charge in [-0.2, -0.15) is 0 Å². The maximum Gasteiger partial charge on any atom is 0.258 e. The third kappa shape index (κ3) is 4.02. The highest BCUT2D eigenvalue weighted by atomic mass is 35.5. The standard InChI is InChI=1S/C16H14Cl4N2O3S/c17-9-6-10(18)8-11(7-9)21-16(23)14-12(19)2-3-13(15(14)20)22-4-1-5-26(22,24)25/h2-3,6-8,24-25H,1,4-5H2,(H,21,23). The summed E-state index contributed by atoms with van der Waals surface area (Å²) in [5, 5.41) is 3.56. The van der Waals surface area contributed by atoms with E-state index < -0.39 is 16.7 Å². The van der Waals surface area contributed by atoms with Gasteiger partial charge in [0.2, 0.25) is 0 Å². The Morgan fingerprint density at radius 1 is 1.08 bits per heavy atom. The van der Waals surface area contributed by atoms with Crippen LogP contribution in [-0.4, -0.2) is 27.3 Å². The monoisotopic (exact) mass is 454 g/mol. The van der Waals surface area contributed by atoms with Gasteiger partial charge in [0.1, 0.15) is 0 Å². The van der Waals surface area contributed by atoms with E-state index in [1.54, 1.807) is 6.07 Å². The average Bonchev–Trinajstić information content (AvgIpc) is 2.85. The predicted molar refractivity (Wildman–Crippen MR) is 111 cm³/mol. The molecule has 10 heteroatoms. The second-order valence-electron chi connectivity index (χ2n) is 5.66. The second kappa shape index (κ2) is 7.64. The van der Waals surface area contributed by atoms with Crippen LogP contribution in [0.3, 0.4) is 0 Å². The molecule has 0 atom stereocenters. The highest BCUT2D eigenvalue weighted by Crippen LogP contribution is 2.53. The van der Waals surface area contributed by atoms with E-state index in [1.165, 1.54) is 28.6 Å². The molecular formula is C16H14Cl4N2O3S. The van der Waals surface area contributed by atoms with Gasteiger partial charge >= 0.3 is 0 Å². The molecule has 0 unspecified atom stereocenters. The van der Waals surface area contributed by atoms with Crippen LogP contribution in [0.25, 0.3) is 0 Å². The predicted octanol–water partition coefficient (Wildman–Crippen LogP) is 6.43. The number of nitrogens with one attached hydrogen (secondary N) is 1.